The first-order valence-corrected chi connectivity index (χ1v) is 11.0. The van der Waals surface area contributed by atoms with E-state index in [-0.39, 0.29) is 11.8 Å². The Kier molecular flexibility index (Phi) is 4.77. The van der Waals surface area contributed by atoms with Crippen LogP contribution in [0.15, 0.2) is 48.8 Å². The molecule has 31 heavy (non-hydrogen) atoms. The van der Waals surface area contributed by atoms with Crippen LogP contribution in [0, 0.1) is 18.3 Å². The monoisotopic (exact) mass is 414 g/mol. The zero-order valence-corrected chi connectivity index (χ0v) is 17.6. The number of carbonyl (C=O) groups excluding carboxylic acids is 1. The Labute approximate surface area is 181 Å². The van der Waals surface area contributed by atoms with E-state index >= 15 is 0 Å². The molecule has 0 saturated heterocycles. The quantitative estimate of drug-likeness (QED) is 0.608. The lowest BCUT2D eigenvalue weighted by Gasteiger charge is -2.15. The van der Waals surface area contributed by atoms with Gasteiger partial charge in [0.15, 0.2) is 0 Å². The third-order valence-electron chi connectivity index (χ3n) is 7.32. The summed E-state index contributed by atoms with van der Waals surface area (Å²) >= 11 is 0. The maximum Gasteiger partial charge on any atom is 0.335 e. The normalized spacial score (nSPS) is 18.9. The number of hydrogen-bond donors (Lipinski definition) is 2. The minimum absolute atomic E-state index is 0.174. The standard InChI is InChI=1S/C26H26N2O3/c1-16-18(5-4-6-19(16)25(30)31)20-8-7-17(22-15-27-12-9-21(20)22)14-28-24(29)23-13-26(23)10-2-3-11-26/h4-9,12,15,23H,2-3,10-11,13-14H2,1H3,(H,28,29)(H,30,31). The summed E-state index contributed by atoms with van der Waals surface area (Å²) < 4.78 is 0. The minimum Gasteiger partial charge on any atom is -0.478 e. The van der Waals surface area contributed by atoms with Crippen LogP contribution in [0.5, 0.6) is 0 Å². The van der Waals surface area contributed by atoms with E-state index in [1.54, 1.807) is 18.3 Å². The number of carboxylic acid groups (broad SMARTS) is 1. The van der Waals surface area contributed by atoms with Crippen LogP contribution in [0.4, 0.5) is 0 Å². The summed E-state index contributed by atoms with van der Waals surface area (Å²) in [6, 6.07) is 11.4. The van der Waals surface area contributed by atoms with Gasteiger partial charge in [0.1, 0.15) is 0 Å². The van der Waals surface area contributed by atoms with E-state index in [0.29, 0.717) is 17.5 Å². The van der Waals surface area contributed by atoms with Crippen molar-refractivity contribution in [3.8, 4) is 11.1 Å². The molecule has 1 spiro atoms. The Morgan fingerprint density at radius 3 is 2.68 bits per heavy atom. The van der Waals surface area contributed by atoms with Gasteiger partial charge in [-0.2, -0.15) is 0 Å². The molecule has 5 rings (SSSR count). The number of benzene rings is 2. The van der Waals surface area contributed by atoms with E-state index in [1.165, 1.54) is 25.7 Å². The lowest BCUT2D eigenvalue weighted by atomic mass is 9.91. The molecule has 2 N–H and O–H groups in total. The number of carbonyl (C=O) groups is 2. The third kappa shape index (κ3) is 3.38. The van der Waals surface area contributed by atoms with Crippen LogP contribution in [-0.2, 0) is 11.3 Å². The van der Waals surface area contributed by atoms with E-state index in [4.69, 9.17) is 0 Å². The Balaban J connectivity index is 1.44. The van der Waals surface area contributed by atoms with Crippen LogP contribution < -0.4 is 5.32 Å². The first kappa shape index (κ1) is 19.7. The molecule has 1 atom stereocenters. The van der Waals surface area contributed by atoms with Crippen LogP contribution in [0.25, 0.3) is 21.9 Å². The van der Waals surface area contributed by atoms with Crippen molar-refractivity contribution in [1.29, 1.82) is 0 Å². The molecule has 1 aromatic heterocycles. The Bertz CT molecular complexity index is 1190. The number of nitrogens with one attached hydrogen (secondary N) is 1. The summed E-state index contributed by atoms with van der Waals surface area (Å²) in [5.74, 6) is -0.571. The van der Waals surface area contributed by atoms with Crippen LogP contribution >= 0.6 is 0 Å². The van der Waals surface area contributed by atoms with Gasteiger partial charge in [0.25, 0.3) is 0 Å². The molecule has 0 radical (unpaired) electrons. The van der Waals surface area contributed by atoms with Crippen molar-refractivity contribution in [2.45, 2.75) is 45.6 Å². The fourth-order valence-corrected chi connectivity index (χ4v) is 5.45. The Hall–Kier alpha value is -3.21. The number of aromatic carboxylic acids is 1. The van der Waals surface area contributed by atoms with Gasteiger partial charge in [0, 0.05) is 30.2 Å². The topological polar surface area (TPSA) is 79.3 Å². The van der Waals surface area contributed by atoms with Crippen molar-refractivity contribution in [3.05, 3.63) is 65.5 Å². The highest BCUT2D eigenvalue weighted by molar-refractivity contribution is 6.01. The van der Waals surface area contributed by atoms with Crippen molar-refractivity contribution in [2.75, 3.05) is 0 Å². The molecule has 5 heteroatoms. The van der Waals surface area contributed by atoms with Crippen molar-refractivity contribution in [2.24, 2.45) is 11.3 Å². The molecule has 2 saturated carbocycles. The fourth-order valence-electron chi connectivity index (χ4n) is 5.45. The molecule has 2 fully saturated rings. The predicted molar refractivity (Wildman–Crippen MR) is 120 cm³/mol. The summed E-state index contributed by atoms with van der Waals surface area (Å²) in [7, 11) is 0. The lowest BCUT2D eigenvalue weighted by molar-refractivity contribution is -0.123. The molecule has 1 heterocycles. The number of amides is 1. The Morgan fingerprint density at radius 2 is 1.90 bits per heavy atom. The van der Waals surface area contributed by atoms with Gasteiger partial charge in [0.05, 0.1) is 5.56 Å². The smallest absolute Gasteiger partial charge is 0.335 e. The second-order valence-corrected chi connectivity index (χ2v) is 9.02. The molecule has 2 aromatic carbocycles. The molecule has 5 nitrogen and oxygen atoms in total. The van der Waals surface area contributed by atoms with Gasteiger partial charge in [-0.1, -0.05) is 37.1 Å². The van der Waals surface area contributed by atoms with Gasteiger partial charge in [-0.05, 0) is 71.4 Å². The lowest BCUT2D eigenvalue weighted by Crippen LogP contribution is -2.26. The van der Waals surface area contributed by atoms with Crippen molar-refractivity contribution < 1.29 is 14.7 Å². The maximum absolute atomic E-state index is 12.7. The van der Waals surface area contributed by atoms with Gasteiger partial charge in [0.2, 0.25) is 5.91 Å². The predicted octanol–water partition coefficient (Wildman–Crippen LogP) is 5.10. The molecule has 158 valence electrons. The second-order valence-electron chi connectivity index (χ2n) is 9.02. The highest BCUT2D eigenvalue weighted by atomic mass is 16.4. The average molecular weight is 415 g/mol. The molecular formula is C26H26N2O3. The van der Waals surface area contributed by atoms with E-state index in [2.05, 4.69) is 10.3 Å². The van der Waals surface area contributed by atoms with Crippen molar-refractivity contribution >= 4 is 22.6 Å². The largest absolute Gasteiger partial charge is 0.478 e. The number of carboxylic acids is 1. The van der Waals surface area contributed by atoms with Gasteiger partial charge in [-0.25, -0.2) is 4.79 Å². The van der Waals surface area contributed by atoms with Gasteiger partial charge >= 0.3 is 5.97 Å². The van der Waals surface area contributed by atoms with Gasteiger partial charge in [-0.15, -0.1) is 0 Å². The number of hydrogen-bond acceptors (Lipinski definition) is 3. The van der Waals surface area contributed by atoms with Crippen LogP contribution in [0.2, 0.25) is 0 Å². The number of rotatable bonds is 5. The zero-order chi connectivity index (χ0) is 21.6. The van der Waals surface area contributed by atoms with Crippen LogP contribution in [0.3, 0.4) is 0 Å². The summed E-state index contributed by atoms with van der Waals surface area (Å²) in [4.78, 5) is 28.6. The third-order valence-corrected chi connectivity index (χ3v) is 7.32. The molecule has 2 aliphatic rings. The van der Waals surface area contributed by atoms with Crippen LogP contribution in [0.1, 0.15) is 53.6 Å². The second kappa shape index (κ2) is 7.49. The SMILES string of the molecule is Cc1c(C(=O)O)cccc1-c1ccc(CNC(=O)C2CC23CCCC3)c2cnccc12. The molecular weight excluding hydrogens is 388 g/mol. The highest BCUT2D eigenvalue weighted by Crippen LogP contribution is 2.62. The summed E-state index contributed by atoms with van der Waals surface area (Å²) in [5, 5.41) is 14.6. The molecule has 1 unspecified atom stereocenters. The van der Waals surface area contributed by atoms with E-state index in [0.717, 1.165) is 39.4 Å². The van der Waals surface area contributed by atoms with Crippen molar-refractivity contribution in [3.63, 3.8) is 0 Å². The van der Waals surface area contributed by atoms with E-state index in [1.807, 2.05) is 37.4 Å². The van der Waals surface area contributed by atoms with Crippen molar-refractivity contribution in [1.82, 2.24) is 10.3 Å². The molecule has 1 amide bonds. The number of fused-ring (bicyclic) bond motifs is 1. The summed E-state index contributed by atoms with van der Waals surface area (Å²) in [6.07, 6.45) is 9.51. The average Bonchev–Trinajstić information content (AvgIpc) is 3.28. The minimum atomic E-state index is -0.926. The number of aromatic nitrogens is 1. The summed E-state index contributed by atoms with van der Waals surface area (Å²) in [6.45, 7) is 2.32. The molecule has 3 aromatic rings. The first-order valence-electron chi connectivity index (χ1n) is 11.0. The number of pyridine rings is 1. The number of nitrogens with zero attached hydrogens (tertiary/aromatic N) is 1. The fraction of sp³-hybridized carbons (Fsp3) is 0.346. The zero-order valence-electron chi connectivity index (χ0n) is 17.6. The first-order chi connectivity index (χ1) is 15.0. The molecule has 0 bridgehead atoms. The molecule has 0 aliphatic heterocycles. The maximum atomic E-state index is 12.7. The molecule has 2 aliphatic carbocycles. The van der Waals surface area contributed by atoms with E-state index in [9.17, 15) is 14.7 Å². The van der Waals surface area contributed by atoms with Crippen LogP contribution in [-0.4, -0.2) is 22.0 Å². The summed E-state index contributed by atoms with van der Waals surface area (Å²) in [5.41, 5.74) is 4.23. The Morgan fingerprint density at radius 1 is 1.10 bits per heavy atom. The van der Waals surface area contributed by atoms with Gasteiger partial charge in [-0.3, -0.25) is 9.78 Å². The highest BCUT2D eigenvalue weighted by Gasteiger charge is 2.58. The van der Waals surface area contributed by atoms with E-state index < -0.39 is 5.97 Å². The van der Waals surface area contributed by atoms with Gasteiger partial charge < -0.3 is 10.4 Å².